The fourth-order valence-corrected chi connectivity index (χ4v) is 1.12. The molecule has 0 aromatic heterocycles. The van der Waals surface area contributed by atoms with E-state index in [0.717, 1.165) is 11.4 Å². The van der Waals surface area contributed by atoms with E-state index in [-0.39, 0.29) is 0 Å². The van der Waals surface area contributed by atoms with Crippen LogP contribution >= 0.6 is 15.9 Å². The van der Waals surface area contributed by atoms with Gasteiger partial charge in [0, 0.05) is 6.20 Å². The third kappa shape index (κ3) is 0.786. The summed E-state index contributed by atoms with van der Waals surface area (Å²) in [7, 11) is 0. The summed E-state index contributed by atoms with van der Waals surface area (Å²) in [6, 6.07) is 0. The summed E-state index contributed by atoms with van der Waals surface area (Å²) in [5, 5.41) is 6.45. The first-order valence-corrected chi connectivity index (χ1v) is 3.47. The molecular weight excluding hydrogens is 196 g/mol. The number of hydrogen-bond donors (Lipinski definition) is 1. The maximum absolute atomic E-state index is 4.05. The van der Waals surface area contributed by atoms with Crippen LogP contribution in [0.5, 0.6) is 0 Å². The summed E-state index contributed by atoms with van der Waals surface area (Å²) < 4.78 is 0.601. The fourth-order valence-electron chi connectivity index (χ4n) is 0.736. The summed E-state index contributed by atoms with van der Waals surface area (Å²) in [6.45, 7) is 0. The molecular formula is C5H3BrN4. The predicted octanol–water partition coefficient (Wildman–Crippen LogP) is 1.07. The number of aromatic amines is 1. The molecule has 0 spiro atoms. The van der Waals surface area contributed by atoms with E-state index in [1.165, 1.54) is 0 Å². The summed E-state index contributed by atoms with van der Waals surface area (Å²) in [4.78, 5) is 8.08. The minimum atomic E-state index is 0.601. The lowest BCUT2D eigenvalue weighted by molar-refractivity contribution is 1.02. The van der Waals surface area contributed by atoms with E-state index in [2.05, 4.69) is 36.1 Å². The number of halogens is 1. The van der Waals surface area contributed by atoms with Crippen molar-refractivity contribution in [3.63, 3.8) is 0 Å². The van der Waals surface area contributed by atoms with Gasteiger partial charge in [-0.1, -0.05) is 0 Å². The number of hydrogen-bond acceptors (Lipinski definition) is 3. The molecule has 0 radical (unpaired) electrons. The molecule has 0 atom stereocenters. The van der Waals surface area contributed by atoms with Crippen molar-refractivity contribution in [1.82, 2.24) is 20.2 Å². The molecule has 0 aliphatic carbocycles. The summed E-state index contributed by atoms with van der Waals surface area (Å²) in [6.07, 6.45) is 3.33. The molecule has 0 saturated carbocycles. The number of rotatable bonds is 0. The minimum absolute atomic E-state index is 0.601. The summed E-state index contributed by atoms with van der Waals surface area (Å²) >= 11 is 3.16. The monoisotopic (exact) mass is 198 g/mol. The normalized spacial score (nSPS) is 10.5. The molecule has 4 nitrogen and oxygen atoms in total. The zero-order valence-electron chi connectivity index (χ0n) is 4.87. The molecule has 2 heterocycles. The third-order valence-electron chi connectivity index (χ3n) is 1.15. The van der Waals surface area contributed by atoms with E-state index in [1.54, 1.807) is 12.4 Å². The molecule has 0 amide bonds. The average Bonchev–Trinajstić information content (AvgIpc) is 2.27. The van der Waals surface area contributed by atoms with Gasteiger partial charge in [-0.25, -0.2) is 9.97 Å². The van der Waals surface area contributed by atoms with Crippen molar-refractivity contribution in [2.75, 3.05) is 0 Å². The van der Waals surface area contributed by atoms with Crippen LogP contribution in [0, 0.1) is 0 Å². The van der Waals surface area contributed by atoms with Gasteiger partial charge in [0.25, 0.3) is 0 Å². The maximum atomic E-state index is 4.05. The van der Waals surface area contributed by atoms with Crippen LogP contribution in [0.2, 0.25) is 0 Å². The Kier molecular flexibility index (Phi) is 1.17. The van der Waals surface area contributed by atoms with Crippen LogP contribution in [-0.4, -0.2) is 20.2 Å². The Bertz CT molecular complexity index is 288. The number of nitrogens with zero attached hydrogens (tertiary/aromatic N) is 3. The van der Waals surface area contributed by atoms with E-state index in [9.17, 15) is 0 Å². The Morgan fingerprint density at radius 3 is 2.90 bits per heavy atom. The molecule has 1 N–H and O–H groups in total. The average molecular weight is 199 g/mol. The van der Waals surface area contributed by atoms with Gasteiger partial charge in [0.1, 0.15) is 11.4 Å². The van der Waals surface area contributed by atoms with Crippen LogP contribution in [0.3, 0.4) is 0 Å². The maximum Gasteiger partial charge on any atom is 0.197 e. The smallest absolute Gasteiger partial charge is 0.197 e. The molecule has 0 unspecified atom stereocenters. The second-order valence-corrected chi connectivity index (χ2v) is 2.50. The van der Waals surface area contributed by atoms with Gasteiger partial charge in [-0.2, -0.15) is 5.10 Å². The molecule has 50 valence electrons. The van der Waals surface area contributed by atoms with Crippen LogP contribution in [0.15, 0.2) is 17.1 Å². The molecule has 0 bridgehead atoms. The topological polar surface area (TPSA) is 54.5 Å². The van der Waals surface area contributed by atoms with Crippen molar-refractivity contribution in [2.45, 2.75) is 0 Å². The van der Waals surface area contributed by atoms with Crippen LogP contribution < -0.4 is 0 Å². The number of fused-ring (bicyclic) bond motifs is 1. The van der Waals surface area contributed by atoms with Gasteiger partial charge in [0.05, 0.1) is 6.20 Å². The van der Waals surface area contributed by atoms with Crippen molar-refractivity contribution in [1.29, 1.82) is 0 Å². The first kappa shape index (κ1) is 5.79. The number of H-pyrrole nitrogens is 1. The Labute approximate surface area is 65.2 Å². The van der Waals surface area contributed by atoms with E-state index in [0.29, 0.717) is 4.73 Å². The van der Waals surface area contributed by atoms with Gasteiger partial charge in [-0.05, 0) is 15.9 Å². The summed E-state index contributed by atoms with van der Waals surface area (Å²) in [5.41, 5.74) is 1.62. The fraction of sp³-hybridized carbons (Fsp3) is 0. The molecule has 2 aliphatic rings. The highest BCUT2D eigenvalue weighted by atomic mass is 79.9. The van der Waals surface area contributed by atoms with Gasteiger partial charge in [0.2, 0.25) is 0 Å². The highest BCUT2D eigenvalue weighted by molar-refractivity contribution is 9.10. The van der Waals surface area contributed by atoms with E-state index in [1.807, 2.05) is 0 Å². The van der Waals surface area contributed by atoms with E-state index < -0.39 is 0 Å². The number of nitrogens with one attached hydrogen (secondary N) is 1. The quantitative estimate of drug-likeness (QED) is 0.690. The first-order chi connectivity index (χ1) is 4.86. The zero-order chi connectivity index (χ0) is 6.97. The SMILES string of the molecule is Brc1nc2cn[nH]cc-2n1. The predicted molar refractivity (Wildman–Crippen MR) is 38.5 cm³/mol. The Hall–Kier alpha value is -0.970. The second kappa shape index (κ2) is 2.02. The Morgan fingerprint density at radius 2 is 2.10 bits per heavy atom. The van der Waals surface area contributed by atoms with Crippen molar-refractivity contribution in [3.05, 3.63) is 17.1 Å². The number of aromatic nitrogens is 4. The lowest BCUT2D eigenvalue weighted by atomic mass is 10.4. The number of imidazole rings is 1. The Morgan fingerprint density at radius 1 is 1.30 bits per heavy atom. The van der Waals surface area contributed by atoms with Crippen LogP contribution in [0.1, 0.15) is 0 Å². The Balaban J connectivity index is 2.76. The highest BCUT2D eigenvalue weighted by Crippen LogP contribution is 2.17. The molecule has 2 rings (SSSR count). The van der Waals surface area contributed by atoms with Gasteiger partial charge >= 0.3 is 0 Å². The van der Waals surface area contributed by atoms with Crippen LogP contribution in [0.25, 0.3) is 11.4 Å². The molecule has 10 heavy (non-hydrogen) atoms. The van der Waals surface area contributed by atoms with Crippen molar-refractivity contribution < 1.29 is 0 Å². The van der Waals surface area contributed by atoms with Crippen molar-refractivity contribution in [3.8, 4) is 11.4 Å². The molecule has 0 aromatic rings. The van der Waals surface area contributed by atoms with Gasteiger partial charge in [-0.3, -0.25) is 5.10 Å². The van der Waals surface area contributed by atoms with Crippen molar-refractivity contribution >= 4 is 15.9 Å². The van der Waals surface area contributed by atoms with E-state index >= 15 is 0 Å². The van der Waals surface area contributed by atoms with Gasteiger partial charge in [-0.15, -0.1) is 0 Å². The van der Waals surface area contributed by atoms with E-state index in [4.69, 9.17) is 0 Å². The second-order valence-electron chi connectivity index (χ2n) is 1.79. The van der Waals surface area contributed by atoms with Crippen LogP contribution in [-0.2, 0) is 0 Å². The van der Waals surface area contributed by atoms with Gasteiger partial charge in [0.15, 0.2) is 4.73 Å². The minimum Gasteiger partial charge on any atom is -0.283 e. The third-order valence-corrected chi connectivity index (χ3v) is 1.51. The zero-order valence-corrected chi connectivity index (χ0v) is 6.46. The highest BCUT2D eigenvalue weighted by Gasteiger charge is 2.06. The van der Waals surface area contributed by atoms with Gasteiger partial charge < -0.3 is 0 Å². The van der Waals surface area contributed by atoms with Crippen LogP contribution in [0.4, 0.5) is 0 Å². The van der Waals surface area contributed by atoms with Crippen molar-refractivity contribution in [2.24, 2.45) is 0 Å². The first-order valence-electron chi connectivity index (χ1n) is 2.68. The molecule has 0 aromatic carbocycles. The molecule has 0 fully saturated rings. The lowest BCUT2D eigenvalue weighted by Crippen LogP contribution is -1.83. The molecule has 5 heteroatoms. The molecule has 2 aliphatic heterocycles. The largest absolute Gasteiger partial charge is 0.283 e. The lowest BCUT2D eigenvalue weighted by Gasteiger charge is -1.88. The summed E-state index contributed by atoms with van der Waals surface area (Å²) in [5.74, 6) is 0. The standard InChI is InChI=1S/C5H3BrN4/c6-5-9-3-1-7-8-2-4(3)10-5/h1-2,7H. The molecule has 0 saturated heterocycles.